The maximum Gasteiger partial charge on any atom is 0.236 e. The molecule has 1 saturated heterocycles. The highest BCUT2D eigenvalue weighted by Gasteiger charge is 2.24. The molecule has 0 unspecified atom stereocenters. The van der Waals surface area contributed by atoms with Crippen LogP contribution in [0.1, 0.15) is 10.6 Å². The molecule has 1 amide bonds. The lowest BCUT2D eigenvalue weighted by atomic mass is 10.3. The molecule has 1 aliphatic rings. The Bertz CT molecular complexity index is 667. The van der Waals surface area contributed by atoms with Crippen molar-refractivity contribution in [3.05, 3.63) is 29.0 Å². The van der Waals surface area contributed by atoms with E-state index in [1.54, 1.807) is 18.4 Å². The number of methoxy groups -OCH3 is 1. The smallest absolute Gasteiger partial charge is 0.236 e. The molecule has 1 aliphatic heterocycles. The number of nitrogens with zero attached hydrogens (tertiary/aromatic N) is 3. The van der Waals surface area contributed by atoms with Crippen LogP contribution in [0.5, 0.6) is 0 Å². The minimum absolute atomic E-state index is 0.166. The summed E-state index contributed by atoms with van der Waals surface area (Å²) in [5.41, 5.74) is 0. The van der Waals surface area contributed by atoms with Crippen molar-refractivity contribution in [1.29, 1.82) is 0 Å². The second-order valence-corrected chi connectivity index (χ2v) is 6.74. The first-order chi connectivity index (χ1) is 11.2. The molecule has 0 radical (unpaired) electrons. The highest BCUT2D eigenvalue weighted by atomic mass is 32.1. The fourth-order valence-electron chi connectivity index (χ4n) is 2.59. The van der Waals surface area contributed by atoms with Gasteiger partial charge >= 0.3 is 0 Å². The first kappa shape index (κ1) is 16.2. The zero-order valence-electron chi connectivity index (χ0n) is 13.4. The summed E-state index contributed by atoms with van der Waals surface area (Å²) >= 11 is 1.62. The van der Waals surface area contributed by atoms with Crippen molar-refractivity contribution >= 4 is 17.2 Å². The Kier molecular flexibility index (Phi) is 5.09. The molecule has 0 bridgehead atoms. The lowest BCUT2D eigenvalue weighted by molar-refractivity contribution is -0.136. The Morgan fingerprint density at radius 1 is 1.39 bits per heavy atom. The lowest BCUT2D eigenvalue weighted by Crippen LogP contribution is -2.50. The van der Waals surface area contributed by atoms with Crippen LogP contribution in [-0.4, -0.2) is 60.6 Å². The van der Waals surface area contributed by atoms with Gasteiger partial charge in [-0.25, -0.2) is 4.98 Å². The highest BCUT2D eigenvalue weighted by Crippen LogP contribution is 2.27. The highest BCUT2D eigenvalue weighted by molar-refractivity contribution is 7.14. The molecule has 0 atom stereocenters. The average Bonchev–Trinajstić information content (AvgIpc) is 3.15. The van der Waals surface area contributed by atoms with Crippen LogP contribution in [0.3, 0.4) is 0 Å². The number of piperazine rings is 1. The molecule has 0 saturated carbocycles. The van der Waals surface area contributed by atoms with E-state index in [0.29, 0.717) is 19.7 Å². The third kappa shape index (κ3) is 3.99. The van der Waals surface area contributed by atoms with E-state index in [9.17, 15) is 4.79 Å². The molecule has 7 heteroatoms. The number of carbonyl (C=O) groups excluding carboxylic acids is 1. The number of rotatable bonds is 6. The molecule has 0 spiro atoms. The van der Waals surface area contributed by atoms with Crippen LogP contribution >= 0.6 is 11.3 Å². The minimum atomic E-state index is 0.166. The Labute approximate surface area is 139 Å². The number of aromatic nitrogens is 1. The van der Waals surface area contributed by atoms with E-state index in [0.717, 1.165) is 41.0 Å². The Balaban J connectivity index is 1.56. The summed E-state index contributed by atoms with van der Waals surface area (Å²) in [5, 5.41) is 0.887. The normalized spacial score (nSPS) is 16.3. The van der Waals surface area contributed by atoms with Gasteiger partial charge in [0.1, 0.15) is 5.76 Å². The third-order valence-electron chi connectivity index (χ3n) is 3.85. The molecule has 2 aromatic rings. The molecular formula is C16H21N3O3S. The zero-order chi connectivity index (χ0) is 16.2. The summed E-state index contributed by atoms with van der Waals surface area (Å²) < 4.78 is 10.6. The predicted molar refractivity (Wildman–Crippen MR) is 88.3 cm³/mol. The molecule has 0 aromatic carbocycles. The average molecular weight is 335 g/mol. The third-order valence-corrected chi connectivity index (χ3v) is 4.84. The van der Waals surface area contributed by atoms with Gasteiger partial charge in [-0.1, -0.05) is 0 Å². The molecular weight excluding hydrogens is 314 g/mol. The number of ether oxygens (including phenoxy) is 1. The van der Waals surface area contributed by atoms with Crippen molar-refractivity contribution in [3.8, 4) is 10.8 Å². The van der Waals surface area contributed by atoms with Crippen molar-refractivity contribution in [2.24, 2.45) is 0 Å². The number of amides is 1. The van der Waals surface area contributed by atoms with Gasteiger partial charge in [-0.15, -0.1) is 11.3 Å². The summed E-state index contributed by atoms with van der Waals surface area (Å²) in [6.45, 7) is 6.02. The summed E-state index contributed by atoms with van der Waals surface area (Å²) in [6, 6.07) is 3.88. The van der Waals surface area contributed by atoms with E-state index < -0.39 is 0 Å². The maximum absolute atomic E-state index is 12.1. The van der Waals surface area contributed by atoms with E-state index in [-0.39, 0.29) is 5.91 Å². The molecule has 23 heavy (non-hydrogen) atoms. The number of hydrogen-bond acceptors (Lipinski definition) is 6. The van der Waals surface area contributed by atoms with Crippen molar-refractivity contribution in [2.75, 3.05) is 39.9 Å². The van der Waals surface area contributed by atoms with Gasteiger partial charge in [0.25, 0.3) is 0 Å². The largest absolute Gasteiger partial charge is 0.459 e. The monoisotopic (exact) mass is 335 g/mol. The molecule has 1 fully saturated rings. The van der Waals surface area contributed by atoms with Crippen LogP contribution < -0.4 is 0 Å². The van der Waals surface area contributed by atoms with Crippen LogP contribution in [0.4, 0.5) is 0 Å². The minimum Gasteiger partial charge on any atom is -0.459 e. The molecule has 0 N–H and O–H groups in total. The van der Waals surface area contributed by atoms with Crippen molar-refractivity contribution < 1.29 is 13.9 Å². The standard InChI is InChI=1S/C16H21N3O3S/c1-12-3-4-14(22-12)16-17-9-13(23-16)10-18-5-6-19(7-8-21-2)15(20)11-18/h3-4,9H,5-8,10-11H2,1-2H3. The van der Waals surface area contributed by atoms with Gasteiger partial charge in [-0.2, -0.15) is 0 Å². The van der Waals surface area contributed by atoms with Crippen LogP contribution in [-0.2, 0) is 16.1 Å². The van der Waals surface area contributed by atoms with E-state index in [1.807, 2.05) is 30.2 Å². The zero-order valence-corrected chi connectivity index (χ0v) is 14.3. The SMILES string of the molecule is COCCN1CCN(Cc2cnc(-c3ccc(C)o3)s2)CC1=O. The Hall–Kier alpha value is -1.70. The van der Waals surface area contributed by atoms with Crippen molar-refractivity contribution in [1.82, 2.24) is 14.8 Å². The lowest BCUT2D eigenvalue weighted by Gasteiger charge is -2.33. The number of aryl methyl sites for hydroxylation is 1. The second-order valence-electron chi connectivity index (χ2n) is 5.63. The summed E-state index contributed by atoms with van der Waals surface area (Å²) in [5.74, 6) is 1.86. The predicted octanol–water partition coefficient (Wildman–Crippen LogP) is 2.00. The molecule has 0 aliphatic carbocycles. The number of furan rings is 1. The maximum atomic E-state index is 12.1. The quantitative estimate of drug-likeness (QED) is 0.808. The first-order valence-electron chi connectivity index (χ1n) is 7.66. The summed E-state index contributed by atoms with van der Waals surface area (Å²) in [7, 11) is 1.66. The molecule has 6 nitrogen and oxygen atoms in total. The number of hydrogen-bond donors (Lipinski definition) is 0. The molecule has 3 heterocycles. The second kappa shape index (κ2) is 7.25. The first-order valence-corrected chi connectivity index (χ1v) is 8.48. The fraction of sp³-hybridized carbons (Fsp3) is 0.500. The van der Waals surface area contributed by atoms with Gasteiger partial charge in [-0.05, 0) is 19.1 Å². The van der Waals surface area contributed by atoms with Gasteiger partial charge in [-0.3, -0.25) is 9.69 Å². The Morgan fingerprint density at radius 3 is 2.96 bits per heavy atom. The van der Waals surface area contributed by atoms with Crippen LogP contribution in [0, 0.1) is 6.92 Å². The molecule has 3 rings (SSSR count). The van der Waals surface area contributed by atoms with Gasteiger partial charge in [0.2, 0.25) is 5.91 Å². The fourth-order valence-corrected chi connectivity index (χ4v) is 3.51. The van der Waals surface area contributed by atoms with Gasteiger partial charge < -0.3 is 14.1 Å². The van der Waals surface area contributed by atoms with Crippen molar-refractivity contribution in [2.45, 2.75) is 13.5 Å². The van der Waals surface area contributed by atoms with Crippen LogP contribution in [0.25, 0.3) is 10.8 Å². The van der Waals surface area contributed by atoms with E-state index in [2.05, 4.69) is 9.88 Å². The number of thiazole rings is 1. The van der Waals surface area contributed by atoms with E-state index >= 15 is 0 Å². The van der Waals surface area contributed by atoms with E-state index in [1.165, 1.54) is 0 Å². The van der Waals surface area contributed by atoms with Crippen LogP contribution in [0.2, 0.25) is 0 Å². The Morgan fingerprint density at radius 2 is 2.26 bits per heavy atom. The summed E-state index contributed by atoms with van der Waals surface area (Å²) in [4.78, 5) is 21.7. The van der Waals surface area contributed by atoms with E-state index in [4.69, 9.17) is 9.15 Å². The van der Waals surface area contributed by atoms with Gasteiger partial charge in [0.15, 0.2) is 10.8 Å². The van der Waals surface area contributed by atoms with Crippen molar-refractivity contribution in [3.63, 3.8) is 0 Å². The number of carbonyl (C=O) groups is 1. The topological polar surface area (TPSA) is 58.8 Å². The molecule has 2 aromatic heterocycles. The summed E-state index contributed by atoms with van der Waals surface area (Å²) in [6.07, 6.45) is 1.87. The van der Waals surface area contributed by atoms with Gasteiger partial charge in [0, 0.05) is 44.4 Å². The molecule has 124 valence electrons. The van der Waals surface area contributed by atoms with Gasteiger partial charge in [0.05, 0.1) is 13.2 Å². The van der Waals surface area contributed by atoms with Crippen LogP contribution in [0.15, 0.2) is 22.7 Å².